The number of aromatic nitrogens is 1. The first-order valence-corrected chi connectivity index (χ1v) is 4.75. The number of Topliss-reactive ketones (excluding diaryl/α,β-unsaturated/α-hetero) is 1. The van der Waals surface area contributed by atoms with E-state index in [4.69, 9.17) is 0 Å². The third kappa shape index (κ3) is 1.40. The molecule has 0 aromatic carbocycles. The van der Waals surface area contributed by atoms with Gasteiger partial charge in [0.2, 0.25) is 0 Å². The topological polar surface area (TPSA) is 21.5 Å². The van der Waals surface area contributed by atoms with Crippen LogP contribution in [0.3, 0.4) is 0 Å². The van der Waals surface area contributed by atoms with E-state index in [2.05, 4.69) is 15.9 Å². The van der Waals surface area contributed by atoms with Crippen LogP contribution < -0.4 is 0 Å². The largest absolute Gasteiger partial charge is 0.313 e. The Kier molecular flexibility index (Phi) is 1.96. The predicted octanol–water partition coefficient (Wildman–Crippen LogP) is 2.90. The van der Waals surface area contributed by atoms with Gasteiger partial charge in [-0.25, -0.2) is 0 Å². The van der Waals surface area contributed by atoms with Crippen LogP contribution in [0.15, 0.2) is 34.9 Å². The Morgan fingerprint density at radius 2 is 2.00 bits per heavy atom. The molecule has 0 aliphatic rings. The molecular weight excluding hydrogens is 230 g/mol. The number of fused-ring (bicyclic) bond motifs is 1. The summed E-state index contributed by atoms with van der Waals surface area (Å²) in [6.07, 6.45) is 1.89. The van der Waals surface area contributed by atoms with Crippen LogP contribution in [0.4, 0.5) is 0 Å². The van der Waals surface area contributed by atoms with E-state index in [0.717, 1.165) is 15.7 Å². The van der Waals surface area contributed by atoms with Crippen molar-refractivity contribution in [3.05, 3.63) is 40.6 Å². The SMILES string of the molecule is CC(=O)c1ccc2ccc(Br)cn12. The minimum absolute atomic E-state index is 0.0816. The van der Waals surface area contributed by atoms with E-state index in [-0.39, 0.29) is 5.78 Å². The average molecular weight is 238 g/mol. The molecule has 0 atom stereocenters. The minimum Gasteiger partial charge on any atom is -0.313 e. The summed E-state index contributed by atoms with van der Waals surface area (Å²) < 4.78 is 2.85. The lowest BCUT2D eigenvalue weighted by Crippen LogP contribution is -1.97. The zero-order valence-corrected chi connectivity index (χ0v) is 8.71. The third-order valence-electron chi connectivity index (χ3n) is 1.98. The van der Waals surface area contributed by atoms with Gasteiger partial charge in [0.05, 0.1) is 5.69 Å². The van der Waals surface area contributed by atoms with Gasteiger partial charge in [0.15, 0.2) is 5.78 Å². The zero-order chi connectivity index (χ0) is 9.42. The van der Waals surface area contributed by atoms with Crippen molar-refractivity contribution in [3.63, 3.8) is 0 Å². The Labute approximate surface area is 84.3 Å². The smallest absolute Gasteiger partial charge is 0.176 e. The molecule has 0 N–H and O–H groups in total. The summed E-state index contributed by atoms with van der Waals surface area (Å²) in [4.78, 5) is 11.2. The van der Waals surface area contributed by atoms with Gasteiger partial charge in [-0.05, 0) is 40.2 Å². The summed E-state index contributed by atoms with van der Waals surface area (Å²) in [6, 6.07) is 7.70. The maximum atomic E-state index is 11.2. The summed E-state index contributed by atoms with van der Waals surface area (Å²) in [5.74, 6) is 0.0816. The van der Waals surface area contributed by atoms with Gasteiger partial charge in [0.1, 0.15) is 0 Å². The Morgan fingerprint density at radius 3 is 2.69 bits per heavy atom. The Morgan fingerprint density at radius 1 is 1.31 bits per heavy atom. The van der Waals surface area contributed by atoms with Crippen LogP contribution in [0.2, 0.25) is 0 Å². The van der Waals surface area contributed by atoms with E-state index < -0.39 is 0 Å². The highest BCUT2D eigenvalue weighted by Gasteiger charge is 2.05. The maximum Gasteiger partial charge on any atom is 0.176 e. The van der Waals surface area contributed by atoms with Gasteiger partial charge in [0.25, 0.3) is 0 Å². The van der Waals surface area contributed by atoms with E-state index in [1.165, 1.54) is 0 Å². The fraction of sp³-hybridized carbons (Fsp3) is 0.100. The third-order valence-corrected chi connectivity index (χ3v) is 2.45. The first kappa shape index (κ1) is 8.51. The molecule has 0 spiro atoms. The van der Waals surface area contributed by atoms with Crippen LogP contribution in [0, 0.1) is 0 Å². The van der Waals surface area contributed by atoms with Crippen molar-refractivity contribution < 1.29 is 4.79 Å². The van der Waals surface area contributed by atoms with Gasteiger partial charge in [-0.1, -0.05) is 0 Å². The Balaban J connectivity index is 2.79. The average Bonchev–Trinajstić information content (AvgIpc) is 2.46. The minimum atomic E-state index is 0.0816. The number of carbonyl (C=O) groups is 1. The van der Waals surface area contributed by atoms with E-state index in [9.17, 15) is 4.79 Å². The molecule has 3 heteroatoms. The van der Waals surface area contributed by atoms with Crippen LogP contribution in [0.1, 0.15) is 17.4 Å². The predicted molar refractivity (Wildman–Crippen MR) is 55.1 cm³/mol. The van der Waals surface area contributed by atoms with Crippen LogP contribution >= 0.6 is 15.9 Å². The second-order valence-electron chi connectivity index (χ2n) is 2.92. The molecule has 0 amide bonds. The number of hydrogen-bond donors (Lipinski definition) is 0. The summed E-state index contributed by atoms with van der Waals surface area (Å²) in [7, 11) is 0. The number of ketones is 1. The summed E-state index contributed by atoms with van der Waals surface area (Å²) in [6.45, 7) is 1.57. The molecule has 66 valence electrons. The molecular formula is C10H8BrNO. The summed E-state index contributed by atoms with van der Waals surface area (Å²) >= 11 is 3.37. The molecule has 0 unspecified atom stereocenters. The van der Waals surface area contributed by atoms with E-state index in [1.807, 2.05) is 34.9 Å². The molecule has 0 radical (unpaired) electrons. The van der Waals surface area contributed by atoms with E-state index in [0.29, 0.717) is 0 Å². The van der Waals surface area contributed by atoms with Crippen molar-refractivity contribution in [1.82, 2.24) is 4.40 Å². The lowest BCUT2D eigenvalue weighted by atomic mass is 10.3. The van der Waals surface area contributed by atoms with Gasteiger partial charge in [-0.15, -0.1) is 0 Å². The molecule has 2 aromatic heterocycles. The molecule has 0 saturated carbocycles. The number of hydrogen-bond acceptors (Lipinski definition) is 1. The van der Waals surface area contributed by atoms with Gasteiger partial charge in [-0.2, -0.15) is 0 Å². The first-order chi connectivity index (χ1) is 6.18. The van der Waals surface area contributed by atoms with Crippen LogP contribution in [0.5, 0.6) is 0 Å². The highest BCUT2D eigenvalue weighted by atomic mass is 79.9. The summed E-state index contributed by atoms with van der Waals surface area (Å²) in [5.41, 5.74) is 1.75. The van der Waals surface area contributed by atoms with Crippen LogP contribution in [-0.4, -0.2) is 10.2 Å². The second-order valence-corrected chi connectivity index (χ2v) is 3.83. The van der Waals surface area contributed by atoms with Crippen molar-refractivity contribution in [3.8, 4) is 0 Å². The molecule has 0 fully saturated rings. The number of carbonyl (C=O) groups excluding carboxylic acids is 1. The maximum absolute atomic E-state index is 11.2. The fourth-order valence-corrected chi connectivity index (χ4v) is 1.70. The van der Waals surface area contributed by atoms with Crippen molar-refractivity contribution in [2.45, 2.75) is 6.92 Å². The molecule has 2 rings (SSSR count). The monoisotopic (exact) mass is 237 g/mol. The first-order valence-electron chi connectivity index (χ1n) is 3.96. The standard InChI is InChI=1S/C10H8BrNO/c1-7(13)10-5-4-9-3-2-8(11)6-12(9)10/h2-6H,1H3. The molecule has 0 bridgehead atoms. The lowest BCUT2D eigenvalue weighted by molar-refractivity contribution is 0.101. The van der Waals surface area contributed by atoms with Gasteiger partial charge >= 0.3 is 0 Å². The van der Waals surface area contributed by atoms with Crippen molar-refractivity contribution in [2.24, 2.45) is 0 Å². The van der Waals surface area contributed by atoms with E-state index >= 15 is 0 Å². The molecule has 2 nitrogen and oxygen atoms in total. The number of halogens is 1. The van der Waals surface area contributed by atoms with Crippen LogP contribution in [-0.2, 0) is 0 Å². The second kappa shape index (κ2) is 3.00. The van der Waals surface area contributed by atoms with Crippen molar-refractivity contribution >= 4 is 27.2 Å². The molecule has 0 aliphatic heterocycles. The highest BCUT2D eigenvalue weighted by Crippen LogP contribution is 2.15. The fourth-order valence-electron chi connectivity index (χ4n) is 1.36. The quantitative estimate of drug-likeness (QED) is 0.700. The molecule has 2 aromatic rings. The Hall–Kier alpha value is -1.09. The normalized spacial score (nSPS) is 10.6. The number of pyridine rings is 1. The summed E-state index contributed by atoms with van der Waals surface area (Å²) in [5, 5.41) is 0. The Bertz CT molecular complexity index is 473. The zero-order valence-electron chi connectivity index (χ0n) is 7.12. The molecule has 2 heterocycles. The molecule has 0 saturated heterocycles. The van der Waals surface area contributed by atoms with Gasteiger partial charge in [0, 0.05) is 23.1 Å². The number of nitrogens with zero attached hydrogens (tertiary/aromatic N) is 1. The lowest BCUT2D eigenvalue weighted by Gasteiger charge is -1.99. The van der Waals surface area contributed by atoms with Crippen molar-refractivity contribution in [1.29, 1.82) is 0 Å². The van der Waals surface area contributed by atoms with Crippen LogP contribution in [0.25, 0.3) is 5.52 Å². The molecule has 0 aliphatic carbocycles. The van der Waals surface area contributed by atoms with Crippen molar-refractivity contribution in [2.75, 3.05) is 0 Å². The molecule has 13 heavy (non-hydrogen) atoms. The van der Waals surface area contributed by atoms with Gasteiger partial charge in [-0.3, -0.25) is 4.79 Å². The number of rotatable bonds is 1. The van der Waals surface area contributed by atoms with Gasteiger partial charge < -0.3 is 4.40 Å². The highest BCUT2D eigenvalue weighted by molar-refractivity contribution is 9.10. The van der Waals surface area contributed by atoms with E-state index in [1.54, 1.807) is 6.92 Å².